The highest BCUT2D eigenvalue weighted by atomic mass is 19.1. The van der Waals surface area contributed by atoms with Crippen molar-refractivity contribution in [2.24, 2.45) is 5.73 Å². The molecule has 3 aromatic carbocycles. The Morgan fingerprint density at radius 1 is 1.06 bits per heavy atom. The summed E-state index contributed by atoms with van der Waals surface area (Å²) in [5, 5.41) is 6.11. The van der Waals surface area contributed by atoms with Crippen molar-refractivity contribution in [3.63, 3.8) is 0 Å². The number of rotatable bonds is 6. The molecule has 4 N–H and O–H groups in total. The van der Waals surface area contributed by atoms with E-state index in [1.54, 1.807) is 25.1 Å². The Bertz CT molecular complexity index is 1280. The van der Waals surface area contributed by atoms with Crippen LogP contribution in [0.4, 0.5) is 15.8 Å². The minimum absolute atomic E-state index is 0.355. The summed E-state index contributed by atoms with van der Waals surface area (Å²) in [4.78, 5) is 27.1. The minimum atomic E-state index is -0.551. The van der Waals surface area contributed by atoms with E-state index in [1.165, 1.54) is 12.1 Å². The van der Waals surface area contributed by atoms with Crippen molar-refractivity contribution < 1.29 is 14.0 Å². The maximum Gasteiger partial charge on any atom is 0.258 e. The van der Waals surface area contributed by atoms with E-state index in [-0.39, 0.29) is 5.91 Å². The molecule has 4 rings (SSSR count). The van der Waals surface area contributed by atoms with Gasteiger partial charge in [-0.1, -0.05) is 24.3 Å². The summed E-state index contributed by atoms with van der Waals surface area (Å²) in [6.07, 6.45) is 0. The van der Waals surface area contributed by atoms with Crippen LogP contribution < -0.4 is 16.4 Å². The molecule has 0 fully saturated rings. The number of carbonyl (C=O) groups is 2. The van der Waals surface area contributed by atoms with Gasteiger partial charge in [-0.3, -0.25) is 9.59 Å². The zero-order valence-electron chi connectivity index (χ0n) is 18.7. The fourth-order valence-corrected chi connectivity index (χ4v) is 4.03. The number of nitrogens with two attached hydrogens (primary N) is 1. The summed E-state index contributed by atoms with van der Waals surface area (Å²) < 4.78 is 13.8. The maximum atomic E-state index is 13.8. The molecule has 2 amide bonds. The van der Waals surface area contributed by atoms with Crippen molar-refractivity contribution in [2.75, 3.05) is 24.7 Å². The summed E-state index contributed by atoms with van der Waals surface area (Å²) in [7, 11) is 4.00. The topological polar surface area (TPSA) is 87.5 Å². The minimum Gasteiger partial charge on any atom is -0.366 e. The molecule has 0 spiro atoms. The van der Waals surface area contributed by atoms with E-state index in [0.717, 1.165) is 17.8 Å². The molecule has 0 aromatic heterocycles. The predicted molar refractivity (Wildman–Crippen MR) is 129 cm³/mol. The van der Waals surface area contributed by atoms with E-state index in [1.807, 2.05) is 44.4 Å². The number of halogens is 1. The van der Waals surface area contributed by atoms with Crippen LogP contribution in [0.5, 0.6) is 0 Å². The highest BCUT2D eigenvalue weighted by molar-refractivity contribution is 6.37. The van der Waals surface area contributed by atoms with Crippen molar-refractivity contribution in [2.45, 2.75) is 13.5 Å². The van der Waals surface area contributed by atoms with Crippen molar-refractivity contribution >= 4 is 34.5 Å². The molecular formula is C26H25FN4O2. The Morgan fingerprint density at radius 2 is 1.76 bits per heavy atom. The summed E-state index contributed by atoms with van der Waals surface area (Å²) in [5.74, 6) is -1.34. The molecule has 0 radical (unpaired) electrons. The molecule has 1 aliphatic heterocycles. The van der Waals surface area contributed by atoms with Gasteiger partial charge in [-0.15, -0.1) is 0 Å². The summed E-state index contributed by atoms with van der Waals surface area (Å²) >= 11 is 0. The molecular weight excluding hydrogens is 419 g/mol. The number of anilines is 2. The quantitative estimate of drug-likeness (QED) is 0.497. The molecule has 6 nitrogen and oxygen atoms in total. The van der Waals surface area contributed by atoms with Gasteiger partial charge >= 0.3 is 0 Å². The van der Waals surface area contributed by atoms with Gasteiger partial charge in [0.2, 0.25) is 5.91 Å². The average Bonchev–Trinajstić information content (AvgIpc) is 3.07. The van der Waals surface area contributed by atoms with Crippen molar-refractivity contribution in [3.05, 3.63) is 94.3 Å². The largest absolute Gasteiger partial charge is 0.366 e. The first-order chi connectivity index (χ1) is 15.7. The normalized spacial score (nSPS) is 14.2. The third-order valence-electron chi connectivity index (χ3n) is 5.57. The molecule has 0 bridgehead atoms. The molecule has 7 heteroatoms. The second-order valence-electron chi connectivity index (χ2n) is 8.30. The Kier molecular flexibility index (Phi) is 5.98. The van der Waals surface area contributed by atoms with Crippen LogP contribution in [0.3, 0.4) is 0 Å². The van der Waals surface area contributed by atoms with Gasteiger partial charge in [0, 0.05) is 28.9 Å². The van der Waals surface area contributed by atoms with Crippen LogP contribution in [-0.4, -0.2) is 30.8 Å². The SMILES string of the molecule is Cc1c(C(N)=O)cccc1/C(Nc1ccc(CN(C)C)cc1)=C1/C(=O)Nc2cc(F)ccc21. The monoisotopic (exact) mass is 444 g/mol. The molecule has 0 saturated carbocycles. The van der Waals surface area contributed by atoms with Crippen LogP contribution in [0.15, 0.2) is 60.7 Å². The number of nitrogens with zero attached hydrogens (tertiary/aromatic N) is 1. The lowest BCUT2D eigenvalue weighted by atomic mass is 9.94. The molecule has 0 unspecified atom stereocenters. The van der Waals surface area contributed by atoms with Gasteiger partial charge in [-0.05, 0) is 68.5 Å². The lowest BCUT2D eigenvalue weighted by molar-refractivity contribution is -0.110. The van der Waals surface area contributed by atoms with Gasteiger partial charge in [-0.25, -0.2) is 4.39 Å². The van der Waals surface area contributed by atoms with Gasteiger partial charge in [0.25, 0.3) is 5.91 Å². The second kappa shape index (κ2) is 8.88. The third kappa shape index (κ3) is 4.49. The van der Waals surface area contributed by atoms with E-state index >= 15 is 0 Å². The number of primary amides is 1. The molecule has 0 aliphatic carbocycles. The predicted octanol–water partition coefficient (Wildman–Crippen LogP) is 4.23. The van der Waals surface area contributed by atoms with Gasteiger partial charge in [0.1, 0.15) is 5.82 Å². The van der Waals surface area contributed by atoms with E-state index in [4.69, 9.17) is 5.73 Å². The number of carbonyl (C=O) groups excluding carboxylic acids is 2. The van der Waals surface area contributed by atoms with Crippen molar-refractivity contribution in [3.8, 4) is 0 Å². The van der Waals surface area contributed by atoms with Crippen molar-refractivity contribution in [1.29, 1.82) is 0 Å². The van der Waals surface area contributed by atoms with E-state index < -0.39 is 11.7 Å². The van der Waals surface area contributed by atoms with Crippen LogP contribution in [0.1, 0.15) is 32.6 Å². The highest BCUT2D eigenvalue weighted by Crippen LogP contribution is 2.39. The van der Waals surface area contributed by atoms with Crippen LogP contribution in [0.2, 0.25) is 0 Å². The average molecular weight is 445 g/mol. The van der Waals surface area contributed by atoms with Crippen LogP contribution in [0.25, 0.3) is 11.3 Å². The number of hydrogen-bond acceptors (Lipinski definition) is 4. The van der Waals surface area contributed by atoms with E-state index in [2.05, 4.69) is 15.5 Å². The number of nitrogens with one attached hydrogen (secondary N) is 2. The second-order valence-corrected chi connectivity index (χ2v) is 8.30. The molecule has 168 valence electrons. The number of hydrogen-bond donors (Lipinski definition) is 3. The third-order valence-corrected chi connectivity index (χ3v) is 5.57. The molecule has 1 heterocycles. The first-order valence-electron chi connectivity index (χ1n) is 10.5. The zero-order valence-corrected chi connectivity index (χ0v) is 18.7. The van der Waals surface area contributed by atoms with Crippen LogP contribution >= 0.6 is 0 Å². The molecule has 0 saturated heterocycles. The lowest BCUT2D eigenvalue weighted by Crippen LogP contribution is -2.15. The Balaban J connectivity index is 1.88. The first-order valence-corrected chi connectivity index (χ1v) is 10.5. The summed E-state index contributed by atoms with van der Waals surface area (Å²) in [6.45, 7) is 2.59. The van der Waals surface area contributed by atoms with Gasteiger partial charge in [0.15, 0.2) is 0 Å². The molecule has 1 aliphatic rings. The van der Waals surface area contributed by atoms with Gasteiger partial charge in [0.05, 0.1) is 17.0 Å². The highest BCUT2D eigenvalue weighted by Gasteiger charge is 2.29. The van der Waals surface area contributed by atoms with E-state index in [9.17, 15) is 14.0 Å². The summed E-state index contributed by atoms with van der Waals surface area (Å²) in [5.41, 5.74) is 11.0. The number of fused-ring (bicyclic) bond motifs is 1. The maximum absolute atomic E-state index is 13.8. The lowest BCUT2D eigenvalue weighted by Gasteiger charge is -2.18. The number of benzene rings is 3. The van der Waals surface area contributed by atoms with Gasteiger partial charge < -0.3 is 21.3 Å². The Labute approximate surface area is 191 Å². The molecule has 3 aromatic rings. The van der Waals surface area contributed by atoms with Gasteiger partial charge in [-0.2, -0.15) is 0 Å². The Morgan fingerprint density at radius 3 is 2.42 bits per heavy atom. The fourth-order valence-electron chi connectivity index (χ4n) is 4.03. The summed E-state index contributed by atoms with van der Waals surface area (Å²) in [6, 6.07) is 17.3. The molecule has 0 atom stereocenters. The number of amides is 2. The smallest absolute Gasteiger partial charge is 0.258 e. The standard InChI is InChI=1S/C26H25FN4O2/c1-15-19(5-4-6-20(15)25(28)32)24(29-18-10-7-16(8-11-18)14-31(2)3)23-21-12-9-17(27)13-22(21)30-26(23)33/h4-13,29H,14H2,1-3H3,(H2,28,32)(H,30,33)/b24-23-. The zero-order chi connectivity index (χ0) is 23.7. The van der Waals surface area contributed by atoms with Crippen molar-refractivity contribution in [1.82, 2.24) is 4.90 Å². The van der Waals surface area contributed by atoms with Crippen LogP contribution in [0, 0.1) is 12.7 Å². The Hall–Kier alpha value is -3.97. The molecule has 33 heavy (non-hydrogen) atoms. The first kappa shape index (κ1) is 22.2. The fraction of sp³-hybridized carbons (Fsp3) is 0.154. The van der Waals surface area contributed by atoms with Crippen LogP contribution in [-0.2, 0) is 11.3 Å². The van der Waals surface area contributed by atoms with E-state index in [0.29, 0.717) is 39.2 Å².